The van der Waals surface area contributed by atoms with Gasteiger partial charge in [-0.3, -0.25) is 14.5 Å². The Hall–Kier alpha value is -3.89. The predicted molar refractivity (Wildman–Crippen MR) is 188 cm³/mol. The van der Waals surface area contributed by atoms with Crippen LogP contribution in [0.25, 0.3) is 0 Å². The molecule has 0 aliphatic heterocycles. The van der Waals surface area contributed by atoms with Crippen molar-refractivity contribution >= 4 is 26.0 Å². The fraction of sp³-hybridized carbons (Fsp3) is 0.622. The molecule has 1 N–H and O–H groups in total. The van der Waals surface area contributed by atoms with Crippen molar-refractivity contribution in [1.82, 2.24) is 10.1 Å². The van der Waals surface area contributed by atoms with Gasteiger partial charge in [-0.05, 0) is 95.5 Å². The summed E-state index contributed by atoms with van der Waals surface area (Å²) in [6.07, 6.45) is -5.09. The van der Waals surface area contributed by atoms with E-state index in [9.17, 15) is 27.9 Å². The van der Waals surface area contributed by atoms with E-state index in [0.717, 1.165) is 18.6 Å². The Balaban J connectivity index is 1.79. The van der Waals surface area contributed by atoms with Gasteiger partial charge >= 0.3 is 12.5 Å². The van der Waals surface area contributed by atoms with Crippen LogP contribution in [0.2, 0.25) is 18.1 Å². The Morgan fingerprint density at radius 1 is 1.08 bits per heavy atom. The van der Waals surface area contributed by atoms with Crippen LogP contribution in [0.4, 0.5) is 18.0 Å². The summed E-state index contributed by atoms with van der Waals surface area (Å²) in [5, 5.41) is 16.3. The van der Waals surface area contributed by atoms with Crippen LogP contribution in [0.5, 0.6) is 17.4 Å². The zero-order valence-corrected chi connectivity index (χ0v) is 33.1. The minimum absolute atomic E-state index is 0.00254. The first kappa shape index (κ1) is 40.3. The number of unbranched alkanes of at least 4 members (excludes halogenated alkanes) is 1. The average Bonchev–Trinajstić information content (AvgIpc) is 3.40. The van der Waals surface area contributed by atoms with Crippen LogP contribution >= 0.6 is 0 Å². The van der Waals surface area contributed by atoms with E-state index in [0.29, 0.717) is 6.42 Å². The number of aliphatic hydroxyl groups is 1. The third-order valence-corrected chi connectivity index (χ3v) is 14.9. The highest BCUT2D eigenvalue weighted by atomic mass is 28.4. The Morgan fingerprint density at radius 2 is 1.72 bits per heavy atom. The lowest BCUT2D eigenvalue weighted by Crippen LogP contribution is -2.65. The second-order valence-electron chi connectivity index (χ2n) is 16.6. The summed E-state index contributed by atoms with van der Waals surface area (Å²) in [6.45, 7) is 16.7. The van der Waals surface area contributed by atoms with E-state index in [1.165, 1.54) is 0 Å². The number of rotatable bonds is 9. The van der Waals surface area contributed by atoms with Gasteiger partial charge < -0.3 is 33.0 Å². The third-order valence-electron chi connectivity index (χ3n) is 10.5. The summed E-state index contributed by atoms with van der Waals surface area (Å²) >= 11 is 0. The van der Waals surface area contributed by atoms with E-state index in [-0.39, 0.29) is 47.8 Å². The summed E-state index contributed by atoms with van der Waals surface area (Å²) in [7, 11) is 0.501. The van der Waals surface area contributed by atoms with Gasteiger partial charge in [-0.2, -0.15) is 0 Å². The fourth-order valence-electron chi connectivity index (χ4n) is 7.17. The van der Waals surface area contributed by atoms with Gasteiger partial charge in [-0.25, -0.2) is 4.79 Å². The Bertz CT molecular complexity index is 1820. The van der Waals surface area contributed by atoms with E-state index >= 15 is 4.79 Å². The maximum atomic E-state index is 15.2. The minimum Gasteiger partial charge on any atom is -0.508 e. The molecule has 16 heteroatoms. The molecule has 1 aromatic heterocycles. The number of Topliss-reactive ketones (excluding diaryl/α,β-unsaturated/α-hetero) is 2. The number of nitrogens with zero attached hydrogens (tertiary/aromatic N) is 2. The molecule has 0 saturated carbocycles. The molecule has 1 aromatic carbocycles. The number of carbonyl (C=O) groups is 3. The number of carbonyl (C=O) groups excluding carboxylic acids is 3. The maximum Gasteiger partial charge on any atom is 0.573 e. The molecule has 4 atom stereocenters. The van der Waals surface area contributed by atoms with Gasteiger partial charge in [0.15, 0.2) is 25.5 Å². The highest BCUT2D eigenvalue weighted by Crippen LogP contribution is 2.60. The van der Waals surface area contributed by atoms with Crippen LogP contribution in [-0.2, 0) is 15.6 Å². The van der Waals surface area contributed by atoms with E-state index in [2.05, 4.69) is 9.89 Å². The molecule has 5 rings (SSSR count). The average molecular weight is 767 g/mol. The van der Waals surface area contributed by atoms with Crippen molar-refractivity contribution in [3.05, 3.63) is 45.9 Å². The summed E-state index contributed by atoms with van der Waals surface area (Å²) < 4.78 is 75.0. The summed E-state index contributed by atoms with van der Waals surface area (Å²) in [5.41, 5.74) is -4.00. The van der Waals surface area contributed by atoms with E-state index in [1.807, 2.05) is 40.8 Å². The molecular weight excluding hydrogens is 717 g/mol. The molecule has 0 saturated heterocycles. The third kappa shape index (κ3) is 7.33. The van der Waals surface area contributed by atoms with Crippen LogP contribution in [-0.4, -0.2) is 79.5 Å². The van der Waals surface area contributed by atoms with Gasteiger partial charge in [0.2, 0.25) is 5.78 Å². The summed E-state index contributed by atoms with van der Waals surface area (Å²) in [4.78, 5) is 44.6. The topological polar surface area (TPSA) is 147 Å². The number of hydrogen-bond donors (Lipinski definition) is 1. The number of fused-ring (bicyclic) bond motifs is 4. The molecule has 0 spiro atoms. The molecule has 1 heterocycles. The van der Waals surface area contributed by atoms with Crippen LogP contribution < -0.4 is 14.2 Å². The predicted octanol–water partition coefficient (Wildman–Crippen LogP) is 8.51. The monoisotopic (exact) mass is 766 g/mol. The van der Waals surface area contributed by atoms with Gasteiger partial charge in [-0.1, -0.05) is 34.1 Å². The lowest BCUT2D eigenvalue weighted by atomic mass is 9.58. The second-order valence-corrected chi connectivity index (χ2v) is 21.4. The van der Waals surface area contributed by atoms with E-state index in [1.54, 1.807) is 39.8 Å². The first-order valence-electron chi connectivity index (χ1n) is 17.7. The number of ketones is 2. The quantitative estimate of drug-likeness (QED) is 0.113. The molecule has 0 bridgehead atoms. The van der Waals surface area contributed by atoms with Gasteiger partial charge in [0.25, 0.3) is 5.88 Å². The number of alkyl halides is 3. The molecule has 292 valence electrons. The number of aromatic nitrogens is 1. The van der Waals surface area contributed by atoms with Crippen molar-refractivity contribution in [2.24, 2.45) is 11.8 Å². The van der Waals surface area contributed by atoms with E-state index in [4.69, 9.17) is 23.2 Å². The summed E-state index contributed by atoms with van der Waals surface area (Å²) in [6, 6.07) is 1.22. The van der Waals surface area contributed by atoms with Crippen LogP contribution in [0, 0.1) is 11.8 Å². The second kappa shape index (κ2) is 13.8. The number of halogens is 3. The normalized spacial score (nSPS) is 23.3. The Labute approximate surface area is 308 Å². The van der Waals surface area contributed by atoms with Gasteiger partial charge in [0.1, 0.15) is 28.4 Å². The molecule has 0 radical (unpaired) electrons. The molecular formula is C37H49F3N2O10Si. The molecule has 0 fully saturated rings. The van der Waals surface area contributed by atoms with Crippen LogP contribution in [0.15, 0.2) is 28.0 Å². The van der Waals surface area contributed by atoms with E-state index < -0.39 is 89.3 Å². The van der Waals surface area contributed by atoms with Crippen molar-refractivity contribution in [3.8, 4) is 17.4 Å². The molecule has 12 nitrogen and oxygen atoms in total. The lowest BCUT2D eigenvalue weighted by molar-refractivity contribution is -0.275. The molecule has 3 aliphatic carbocycles. The van der Waals surface area contributed by atoms with Crippen LogP contribution in [0.1, 0.15) is 106 Å². The molecule has 53 heavy (non-hydrogen) atoms. The SMILES string of the molecule is CCCCOc1noc2c1C(=O)[C@@]1(O[Si](C)(C)C(C)(C)C)C(O)=C3C(=O)c4c(OC(=O)OC(C)(C)C)ccc(OC(F)(F)F)c4C[C@H]3C[C@H]1[C@@H]2N(C)C. The van der Waals surface area contributed by atoms with Gasteiger partial charge in [-0.15, -0.1) is 13.2 Å². The molecule has 2 aromatic rings. The first-order chi connectivity index (χ1) is 24.3. The Morgan fingerprint density at radius 3 is 2.28 bits per heavy atom. The largest absolute Gasteiger partial charge is 0.573 e. The zero-order chi connectivity index (χ0) is 39.6. The smallest absolute Gasteiger partial charge is 0.508 e. The number of aliphatic hydroxyl groups excluding tert-OH is 1. The molecule has 0 unspecified atom stereocenters. The number of hydrogen-bond acceptors (Lipinski definition) is 12. The zero-order valence-electron chi connectivity index (χ0n) is 32.1. The van der Waals surface area contributed by atoms with Crippen molar-refractivity contribution in [3.63, 3.8) is 0 Å². The van der Waals surface area contributed by atoms with Crippen LogP contribution in [0.3, 0.4) is 0 Å². The van der Waals surface area contributed by atoms with Crippen molar-refractivity contribution in [2.45, 2.75) is 116 Å². The molecule has 3 aliphatic rings. The van der Waals surface area contributed by atoms with Gasteiger partial charge in [0.05, 0.1) is 18.2 Å². The Kier molecular flexibility index (Phi) is 10.5. The van der Waals surface area contributed by atoms with Crippen molar-refractivity contribution < 1.29 is 60.6 Å². The first-order valence-corrected chi connectivity index (χ1v) is 20.6. The number of benzene rings is 1. The van der Waals surface area contributed by atoms with Crippen molar-refractivity contribution in [1.29, 1.82) is 0 Å². The number of ether oxygens (including phenoxy) is 4. The molecule has 0 amide bonds. The number of allylic oxidation sites excluding steroid dienone is 1. The highest BCUT2D eigenvalue weighted by molar-refractivity contribution is 6.74. The van der Waals surface area contributed by atoms with Gasteiger partial charge in [0, 0.05) is 17.1 Å². The lowest BCUT2D eigenvalue weighted by Gasteiger charge is -2.55. The van der Waals surface area contributed by atoms with Crippen molar-refractivity contribution in [2.75, 3.05) is 20.7 Å². The fourth-order valence-corrected chi connectivity index (χ4v) is 8.62. The summed E-state index contributed by atoms with van der Waals surface area (Å²) in [5.74, 6) is -5.06. The highest BCUT2D eigenvalue weighted by Gasteiger charge is 2.67. The minimum atomic E-state index is -5.12. The standard InChI is InChI=1S/C37H49F3N2O10Si/c1-12-13-16-47-32-26-29(51-41-32)27(42(8)9)21-18-19-17-20-22(49-37(38,39)40)14-15-23(48-33(46)50-34(2,3)4)25(20)28(43)24(19)30(44)36(21,31(26)45)52-53(10,11)35(5,6)7/h14-15,19,21,27,44H,12-13,16-18H2,1-11H3/t19-,21-,27-,36-/m0/s1. The maximum absolute atomic E-state index is 15.2.